The number of fused-ring (bicyclic) bond motifs is 5. The van der Waals surface area contributed by atoms with Crippen molar-refractivity contribution in [3.63, 3.8) is 0 Å². The quantitative estimate of drug-likeness (QED) is 0.524. The summed E-state index contributed by atoms with van der Waals surface area (Å²) in [6, 6.07) is 10.3. The van der Waals surface area contributed by atoms with Crippen LogP contribution < -0.4 is 0 Å². The summed E-state index contributed by atoms with van der Waals surface area (Å²) in [7, 11) is 0. The lowest BCUT2D eigenvalue weighted by molar-refractivity contribution is -0.154. The molecule has 178 valence electrons. The maximum absolute atomic E-state index is 11.2. The summed E-state index contributed by atoms with van der Waals surface area (Å²) < 4.78 is 0. The van der Waals surface area contributed by atoms with E-state index >= 15 is 0 Å². The number of hydrogen-bond donors (Lipinski definition) is 2. The van der Waals surface area contributed by atoms with E-state index in [2.05, 4.69) is 52.0 Å². The molecule has 2 nitrogen and oxygen atoms in total. The fourth-order valence-electron chi connectivity index (χ4n) is 9.72. The fourth-order valence-corrected chi connectivity index (χ4v) is 9.72. The molecule has 0 unspecified atom stereocenters. The van der Waals surface area contributed by atoms with Crippen LogP contribution in [0.1, 0.15) is 104 Å². The Bertz CT molecular complexity index is 806. The molecule has 5 rings (SSSR count). The van der Waals surface area contributed by atoms with Crippen LogP contribution in [0, 0.1) is 46.3 Å². The van der Waals surface area contributed by atoms with Gasteiger partial charge in [-0.15, -0.1) is 0 Å². The normalized spacial score (nSPS) is 47.8. The summed E-state index contributed by atoms with van der Waals surface area (Å²) in [6.45, 7) is 9.67. The predicted octanol–water partition coefficient (Wildman–Crippen LogP) is 7.16. The Morgan fingerprint density at radius 1 is 0.906 bits per heavy atom. The van der Waals surface area contributed by atoms with Crippen LogP contribution in [-0.2, 0) is 0 Å². The zero-order valence-electron chi connectivity index (χ0n) is 20.9. The molecule has 10 atom stereocenters. The molecule has 0 bridgehead atoms. The molecule has 4 fully saturated rings. The highest BCUT2D eigenvalue weighted by molar-refractivity contribution is 5.19. The first kappa shape index (κ1) is 22.9. The van der Waals surface area contributed by atoms with Gasteiger partial charge in [0.2, 0.25) is 0 Å². The summed E-state index contributed by atoms with van der Waals surface area (Å²) in [4.78, 5) is 0. The molecule has 4 saturated carbocycles. The van der Waals surface area contributed by atoms with Crippen LogP contribution in [0.5, 0.6) is 0 Å². The first-order chi connectivity index (χ1) is 15.2. The van der Waals surface area contributed by atoms with Crippen LogP contribution in [-0.4, -0.2) is 15.8 Å². The van der Waals surface area contributed by atoms with E-state index in [0.29, 0.717) is 28.6 Å². The van der Waals surface area contributed by atoms with Gasteiger partial charge in [0.1, 0.15) is 0 Å². The van der Waals surface area contributed by atoms with E-state index in [9.17, 15) is 10.2 Å². The lowest BCUT2D eigenvalue weighted by Crippen LogP contribution is -2.56. The Balaban J connectivity index is 1.35. The topological polar surface area (TPSA) is 40.5 Å². The average Bonchev–Trinajstić information content (AvgIpc) is 3.16. The molecule has 4 aliphatic rings. The van der Waals surface area contributed by atoms with E-state index in [1.807, 2.05) is 6.07 Å². The molecule has 0 amide bonds. The summed E-state index contributed by atoms with van der Waals surface area (Å²) >= 11 is 0. The Kier molecular flexibility index (Phi) is 5.81. The van der Waals surface area contributed by atoms with Crippen molar-refractivity contribution in [3.8, 4) is 0 Å². The van der Waals surface area contributed by atoms with Gasteiger partial charge in [0, 0.05) is 0 Å². The minimum atomic E-state index is -0.401. The maximum Gasteiger partial charge on any atom is 0.0818 e. The second-order valence-corrected chi connectivity index (χ2v) is 12.9. The Labute approximate surface area is 196 Å². The molecule has 0 saturated heterocycles. The summed E-state index contributed by atoms with van der Waals surface area (Å²) in [5.41, 5.74) is 1.48. The SMILES string of the molecule is CC[C@]1(O)CC[C@@]2(C)[C@@H](CC[C@@H]3[C@@H]2CC[C@]2(C)[C@@H]([C@H](C)[C@H](O)c4ccccc4)CC[C@@H]32)C1. The minimum Gasteiger partial charge on any atom is -0.390 e. The van der Waals surface area contributed by atoms with Crippen molar-refractivity contribution in [2.75, 3.05) is 0 Å². The highest BCUT2D eigenvalue weighted by Gasteiger charge is 2.61. The molecule has 32 heavy (non-hydrogen) atoms. The summed E-state index contributed by atoms with van der Waals surface area (Å²) in [5.74, 6) is 4.16. The third-order valence-corrected chi connectivity index (χ3v) is 11.8. The third kappa shape index (κ3) is 3.42. The molecule has 1 aromatic carbocycles. The van der Waals surface area contributed by atoms with Crippen LogP contribution in [0.2, 0.25) is 0 Å². The van der Waals surface area contributed by atoms with E-state index in [-0.39, 0.29) is 6.10 Å². The zero-order chi connectivity index (χ0) is 22.7. The molecule has 0 aromatic heterocycles. The van der Waals surface area contributed by atoms with Gasteiger partial charge in [-0.25, -0.2) is 0 Å². The van der Waals surface area contributed by atoms with E-state index < -0.39 is 5.60 Å². The van der Waals surface area contributed by atoms with Gasteiger partial charge in [-0.05, 0) is 116 Å². The fraction of sp³-hybridized carbons (Fsp3) is 0.800. The van der Waals surface area contributed by atoms with Crippen molar-refractivity contribution < 1.29 is 10.2 Å². The molecule has 2 heteroatoms. The first-order valence-electron chi connectivity index (χ1n) is 13.7. The molecule has 2 N–H and O–H groups in total. The lowest BCUT2D eigenvalue weighted by atomic mass is 9.43. The van der Waals surface area contributed by atoms with E-state index in [1.54, 1.807) is 0 Å². The van der Waals surface area contributed by atoms with Gasteiger partial charge in [-0.3, -0.25) is 0 Å². The van der Waals surface area contributed by atoms with Crippen molar-refractivity contribution in [2.24, 2.45) is 46.3 Å². The van der Waals surface area contributed by atoms with Crippen LogP contribution in [0.15, 0.2) is 30.3 Å². The van der Waals surface area contributed by atoms with Gasteiger partial charge in [0.05, 0.1) is 11.7 Å². The Morgan fingerprint density at radius 3 is 2.34 bits per heavy atom. The number of hydrogen-bond acceptors (Lipinski definition) is 2. The molecule has 1 aromatic rings. The van der Waals surface area contributed by atoms with Gasteiger partial charge >= 0.3 is 0 Å². The van der Waals surface area contributed by atoms with E-state index in [0.717, 1.165) is 42.6 Å². The molecule has 4 aliphatic carbocycles. The highest BCUT2D eigenvalue weighted by atomic mass is 16.3. The average molecular weight is 439 g/mol. The van der Waals surface area contributed by atoms with Gasteiger partial charge in [-0.1, -0.05) is 58.0 Å². The van der Waals surface area contributed by atoms with Gasteiger partial charge in [0.15, 0.2) is 0 Å². The standard InChI is InChI=1S/C30H46O2/c1-5-30(32)18-17-28(3)22(19-30)11-12-23-25-14-13-24(29(25,4)16-15-26(23)28)20(2)27(31)21-9-7-6-8-10-21/h6-10,20,22-27,31-32H,5,11-19H2,1-4H3/t20-,22-,23-,24+,25-,26-,27-,28-,29+,30-/m0/s1. The van der Waals surface area contributed by atoms with E-state index in [1.165, 1.54) is 44.9 Å². The Morgan fingerprint density at radius 2 is 1.62 bits per heavy atom. The molecule has 0 heterocycles. The van der Waals surface area contributed by atoms with Gasteiger partial charge in [0.25, 0.3) is 0 Å². The maximum atomic E-state index is 11.2. The molecular weight excluding hydrogens is 392 g/mol. The van der Waals surface area contributed by atoms with E-state index in [4.69, 9.17) is 0 Å². The summed E-state index contributed by atoms with van der Waals surface area (Å²) in [6.07, 6.45) is 11.8. The third-order valence-electron chi connectivity index (χ3n) is 11.8. The zero-order valence-corrected chi connectivity index (χ0v) is 20.9. The first-order valence-corrected chi connectivity index (χ1v) is 13.7. The number of aliphatic hydroxyl groups is 2. The van der Waals surface area contributed by atoms with Crippen LogP contribution in [0.3, 0.4) is 0 Å². The monoisotopic (exact) mass is 438 g/mol. The van der Waals surface area contributed by atoms with Crippen molar-refractivity contribution in [1.29, 1.82) is 0 Å². The number of benzene rings is 1. The van der Waals surface area contributed by atoms with Crippen LogP contribution in [0.25, 0.3) is 0 Å². The van der Waals surface area contributed by atoms with Gasteiger partial charge < -0.3 is 10.2 Å². The molecular formula is C30H46O2. The predicted molar refractivity (Wildman–Crippen MR) is 131 cm³/mol. The van der Waals surface area contributed by atoms with Crippen molar-refractivity contribution >= 4 is 0 Å². The second kappa shape index (κ2) is 8.12. The lowest BCUT2D eigenvalue weighted by Gasteiger charge is -2.62. The van der Waals surface area contributed by atoms with Crippen molar-refractivity contribution in [2.45, 2.75) is 104 Å². The molecule has 0 aliphatic heterocycles. The summed E-state index contributed by atoms with van der Waals surface area (Å²) in [5, 5.41) is 22.3. The van der Waals surface area contributed by atoms with Crippen LogP contribution in [0.4, 0.5) is 0 Å². The number of aliphatic hydroxyl groups excluding tert-OH is 1. The van der Waals surface area contributed by atoms with Crippen molar-refractivity contribution in [3.05, 3.63) is 35.9 Å². The van der Waals surface area contributed by atoms with Gasteiger partial charge in [-0.2, -0.15) is 0 Å². The second-order valence-electron chi connectivity index (χ2n) is 12.9. The Hall–Kier alpha value is -0.860. The smallest absolute Gasteiger partial charge is 0.0818 e. The van der Waals surface area contributed by atoms with Crippen LogP contribution >= 0.6 is 0 Å². The highest BCUT2D eigenvalue weighted by Crippen LogP contribution is 2.69. The minimum absolute atomic E-state index is 0.310. The number of rotatable bonds is 4. The molecule has 0 spiro atoms. The molecule has 0 radical (unpaired) electrons. The van der Waals surface area contributed by atoms with Crippen molar-refractivity contribution in [1.82, 2.24) is 0 Å². The largest absolute Gasteiger partial charge is 0.390 e.